The van der Waals surface area contributed by atoms with E-state index in [4.69, 9.17) is 55.9 Å². The first kappa shape index (κ1) is 42.6. The number of anilines is 6. The van der Waals surface area contributed by atoms with Crippen LogP contribution in [0.4, 0.5) is 34.6 Å². The van der Waals surface area contributed by atoms with Gasteiger partial charge in [0.2, 0.25) is 23.7 Å². The maximum absolute atomic E-state index is 13.1. The number of amides is 2. The quantitative estimate of drug-likeness (QED) is 0.140. The zero-order valence-corrected chi connectivity index (χ0v) is 37.1. The van der Waals surface area contributed by atoms with Gasteiger partial charge in [0, 0.05) is 49.4 Å². The lowest BCUT2D eigenvalue weighted by molar-refractivity contribution is 0.0924. The van der Waals surface area contributed by atoms with Crippen LogP contribution in [0.1, 0.15) is 56.8 Å². The first-order valence-corrected chi connectivity index (χ1v) is 21.8. The minimum Gasteiger partial charge on any atom is -0.455 e. The second-order valence-electron chi connectivity index (χ2n) is 15.4. The number of rotatable bonds is 7. The van der Waals surface area contributed by atoms with E-state index in [2.05, 4.69) is 78.9 Å². The monoisotopic (exact) mass is 924 g/mol. The highest BCUT2D eigenvalue weighted by atomic mass is 35.5. The fourth-order valence-electron chi connectivity index (χ4n) is 7.76. The van der Waals surface area contributed by atoms with Crippen molar-refractivity contribution in [1.29, 1.82) is 0 Å². The van der Waals surface area contributed by atoms with Gasteiger partial charge >= 0.3 is 0 Å². The molecule has 10 rings (SSSR count). The van der Waals surface area contributed by atoms with Crippen molar-refractivity contribution >= 4 is 92.9 Å². The normalized spacial score (nSPS) is 15.5. The summed E-state index contributed by atoms with van der Waals surface area (Å²) in [5.74, 6) is 0.534. The molecule has 0 spiro atoms. The number of para-hydroxylation sites is 2. The largest absolute Gasteiger partial charge is 0.455 e. The molecule has 63 heavy (non-hydrogen) atoms. The van der Waals surface area contributed by atoms with Crippen LogP contribution in [0, 0.1) is 0 Å². The van der Waals surface area contributed by atoms with Crippen LogP contribution in [0.15, 0.2) is 85.2 Å². The Morgan fingerprint density at radius 3 is 1.65 bits per heavy atom. The minimum atomic E-state index is -0.320. The average Bonchev–Trinajstić information content (AvgIpc) is 3.27. The second-order valence-corrected chi connectivity index (χ2v) is 17.1. The maximum atomic E-state index is 13.1. The van der Waals surface area contributed by atoms with E-state index >= 15 is 0 Å². The molecule has 18 heteroatoms. The van der Waals surface area contributed by atoms with E-state index in [0.29, 0.717) is 49.4 Å². The molecular formula is C45H40Cl4N10O4. The smallest absolute Gasteiger partial charge is 0.268 e. The van der Waals surface area contributed by atoms with Gasteiger partial charge in [0.05, 0.1) is 31.5 Å². The van der Waals surface area contributed by atoms with Crippen LogP contribution in [0.2, 0.25) is 20.1 Å². The molecule has 6 aromatic rings. The SMILES string of the molecule is CC(C)N1CCc2cc(Nc3ncc4c(n3)OCN(c3c(Cl)cccc3Cl)C4=O)ccc2C1.O=C1c2cnc(Nc3ccc4c(c3)CCNC4)nc2OCN1c1c(Cl)cccc1Cl. The Labute approximate surface area is 383 Å². The molecule has 3 N–H and O–H groups in total. The summed E-state index contributed by atoms with van der Waals surface area (Å²) in [5, 5.41) is 11.2. The summed E-state index contributed by atoms with van der Waals surface area (Å²) < 4.78 is 11.5. The number of benzene rings is 4. The van der Waals surface area contributed by atoms with Crippen LogP contribution in [0.3, 0.4) is 0 Å². The number of aromatic nitrogens is 4. The molecule has 0 saturated heterocycles. The van der Waals surface area contributed by atoms with Crippen LogP contribution < -0.4 is 35.2 Å². The lowest BCUT2D eigenvalue weighted by atomic mass is 9.98. The van der Waals surface area contributed by atoms with E-state index in [1.165, 1.54) is 44.4 Å². The van der Waals surface area contributed by atoms with Gasteiger partial charge in [-0.3, -0.25) is 24.3 Å². The predicted octanol–water partition coefficient (Wildman–Crippen LogP) is 9.46. The standard InChI is InChI=1S/C24H23Cl2N5O2.C21H17Cl2N5O2/c1-14(2)30-9-8-15-10-17(7-6-16(15)12-30)28-24-27-11-18-22(29-24)33-13-31(23(18)32)21-19(25)4-3-5-20(21)26;22-16-2-1-3-17(23)18(16)28-11-30-19-15(20(28)29)10-25-21(27-19)26-14-5-4-13-9-24-7-6-12(13)8-14/h3-7,10-11,14H,8-9,12-13H2,1-2H3,(H,27,28,29);1-5,8,10,24H,6-7,9,11H2,(H,25,26,27). The van der Waals surface area contributed by atoms with Gasteiger partial charge in [-0.05, 0) is 104 Å². The van der Waals surface area contributed by atoms with E-state index in [9.17, 15) is 9.59 Å². The van der Waals surface area contributed by atoms with E-state index in [0.717, 1.165) is 50.4 Å². The summed E-state index contributed by atoms with van der Waals surface area (Å²) in [5.41, 5.74) is 8.38. The van der Waals surface area contributed by atoms with Gasteiger partial charge in [-0.15, -0.1) is 0 Å². The lowest BCUT2D eigenvalue weighted by Gasteiger charge is -2.32. The summed E-state index contributed by atoms with van der Waals surface area (Å²) in [4.78, 5) is 48.7. The Bertz CT molecular complexity index is 2720. The number of nitrogens with zero attached hydrogens (tertiary/aromatic N) is 7. The molecule has 2 aromatic heterocycles. The molecular weight excluding hydrogens is 886 g/mol. The number of hydrogen-bond acceptors (Lipinski definition) is 12. The summed E-state index contributed by atoms with van der Waals surface area (Å²) in [7, 11) is 0. The van der Waals surface area contributed by atoms with Gasteiger partial charge in [0.25, 0.3) is 11.8 Å². The molecule has 4 aliphatic rings. The molecule has 0 saturated carbocycles. The number of carbonyl (C=O) groups excluding carboxylic acids is 2. The van der Waals surface area contributed by atoms with Crippen LogP contribution >= 0.6 is 46.4 Å². The number of hydrogen-bond donors (Lipinski definition) is 3. The molecule has 6 heterocycles. The lowest BCUT2D eigenvalue weighted by Crippen LogP contribution is -2.39. The molecule has 0 aliphatic carbocycles. The van der Waals surface area contributed by atoms with Crippen molar-refractivity contribution in [3.05, 3.63) is 139 Å². The second kappa shape index (κ2) is 18.2. The first-order chi connectivity index (χ1) is 30.5. The zero-order chi connectivity index (χ0) is 43.8. The number of nitrogens with one attached hydrogen (secondary N) is 3. The van der Waals surface area contributed by atoms with Gasteiger partial charge in [0.15, 0.2) is 13.5 Å². The van der Waals surface area contributed by atoms with Gasteiger partial charge in [0.1, 0.15) is 11.1 Å². The average molecular weight is 927 g/mol. The Morgan fingerprint density at radius 1 is 0.651 bits per heavy atom. The van der Waals surface area contributed by atoms with Gasteiger partial charge < -0.3 is 25.4 Å². The van der Waals surface area contributed by atoms with Crippen LogP contribution in [0.25, 0.3) is 0 Å². The highest BCUT2D eigenvalue weighted by molar-refractivity contribution is 6.41. The van der Waals surface area contributed by atoms with Crippen molar-refractivity contribution in [3.8, 4) is 11.8 Å². The number of halogens is 4. The van der Waals surface area contributed by atoms with Crippen molar-refractivity contribution in [2.45, 2.75) is 45.8 Å². The number of fused-ring (bicyclic) bond motifs is 4. The summed E-state index contributed by atoms with van der Waals surface area (Å²) in [6.45, 7) is 8.22. The van der Waals surface area contributed by atoms with Gasteiger partial charge in [-0.1, -0.05) is 70.7 Å². The predicted molar refractivity (Wildman–Crippen MR) is 246 cm³/mol. The molecule has 322 valence electrons. The van der Waals surface area contributed by atoms with E-state index in [1.807, 2.05) is 12.1 Å². The van der Waals surface area contributed by atoms with Crippen LogP contribution in [-0.4, -0.2) is 69.2 Å². The third-order valence-electron chi connectivity index (χ3n) is 11.1. The van der Waals surface area contributed by atoms with Crippen molar-refractivity contribution in [3.63, 3.8) is 0 Å². The fourth-order valence-corrected chi connectivity index (χ4v) is 8.96. The Morgan fingerprint density at radius 2 is 1.14 bits per heavy atom. The topological polar surface area (TPSA) is 150 Å². The number of carbonyl (C=O) groups is 2. The molecule has 0 radical (unpaired) electrons. The van der Waals surface area contributed by atoms with Crippen LogP contribution in [-0.2, 0) is 25.9 Å². The zero-order valence-electron chi connectivity index (χ0n) is 34.1. The van der Waals surface area contributed by atoms with E-state index in [-0.39, 0.29) is 48.2 Å². The fraction of sp³-hybridized carbons (Fsp3) is 0.244. The third-order valence-corrected chi connectivity index (χ3v) is 12.3. The maximum Gasteiger partial charge on any atom is 0.268 e. The summed E-state index contributed by atoms with van der Waals surface area (Å²) in [6, 6.07) is 23.2. The van der Waals surface area contributed by atoms with Crippen molar-refractivity contribution < 1.29 is 19.1 Å². The van der Waals surface area contributed by atoms with E-state index in [1.54, 1.807) is 36.4 Å². The molecule has 0 atom stereocenters. The molecule has 2 amide bonds. The number of ether oxygens (including phenoxy) is 2. The molecule has 4 aromatic carbocycles. The van der Waals surface area contributed by atoms with Crippen molar-refractivity contribution in [2.75, 3.05) is 47.0 Å². The molecule has 0 bridgehead atoms. The summed E-state index contributed by atoms with van der Waals surface area (Å²) >= 11 is 25.0. The molecule has 14 nitrogen and oxygen atoms in total. The van der Waals surface area contributed by atoms with Gasteiger partial charge in [-0.25, -0.2) is 9.97 Å². The molecule has 0 unspecified atom stereocenters. The highest BCUT2D eigenvalue weighted by Gasteiger charge is 2.33. The van der Waals surface area contributed by atoms with Gasteiger partial charge in [-0.2, -0.15) is 9.97 Å². The van der Waals surface area contributed by atoms with E-state index < -0.39 is 0 Å². The third kappa shape index (κ3) is 8.92. The first-order valence-electron chi connectivity index (χ1n) is 20.2. The Balaban J connectivity index is 0.000000161. The van der Waals surface area contributed by atoms with Crippen molar-refractivity contribution in [1.82, 2.24) is 30.2 Å². The molecule has 4 aliphatic heterocycles. The highest BCUT2D eigenvalue weighted by Crippen LogP contribution is 2.39. The Kier molecular flexibility index (Phi) is 12.3. The Hall–Kier alpha value is -5.74. The van der Waals surface area contributed by atoms with Crippen molar-refractivity contribution in [2.24, 2.45) is 0 Å². The molecule has 0 fully saturated rings. The summed E-state index contributed by atoms with van der Waals surface area (Å²) in [6.07, 6.45) is 4.90. The van der Waals surface area contributed by atoms with Crippen LogP contribution in [0.5, 0.6) is 11.8 Å². The minimum absolute atomic E-state index is 0.0441.